The second-order valence-corrected chi connectivity index (χ2v) is 5.43. The standard InChI is InChI=1S/C12H19BrN4/c1-9-4-3-6-17(7-5-9)12-10(13)11(14-2)15-8-16-12/h8-9H,3-7H2,1-2H3,(H,14,15,16). The van der Waals surface area contributed by atoms with Crippen LogP contribution in [0.1, 0.15) is 26.2 Å². The molecule has 17 heavy (non-hydrogen) atoms. The Morgan fingerprint density at radius 1 is 1.35 bits per heavy atom. The summed E-state index contributed by atoms with van der Waals surface area (Å²) in [6, 6.07) is 0. The van der Waals surface area contributed by atoms with Crippen LogP contribution in [0.2, 0.25) is 0 Å². The summed E-state index contributed by atoms with van der Waals surface area (Å²) in [6.07, 6.45) is 5.43. The first-order valence-corrected chi connectivity index (χ1v) is 6.95. The van der Waals surface area contributed by atoms with Gasteiger partial charge in [-0.25, -0.2) is 9.97 Å². The van der Waals surface area contributed by atoms with Crippen molar-refractivity contribution >= 4 is 27.6 Å². The Balaban J connectivity index is 2.21. The van der Waals surface area contributed by atoms with Crippen LogP contribution < -0.4 is 10.2 Å². The average Bonchev–Trinajstić information content (AvgIpc) is 2.54. The molecule has 0 amide bonds. The highest BCUT2D eigenvalue weighted by atomic mass is 79.9. The van der Waals surface area contributed by atoms with Crippen LogP contribution in [0.3, 0.4) is 0 Å². The van der Waals surface area contributed by atoms with Gasteiger partial charge in [0.1, 0.15) is 22.4 Å². The van der Waals surface area contributed by atoms with Crippen LogP contribution in [-0.4, -0.2) is 30.1 Å². The molecule has 1 aliphatic heterocycles. The summed E-state index contributed by atoms with van der Waals surface area (Å²) < 4.78 is 0.969. The molecule has 1 saturated heterocycles. The highest BCUT2D eigenvalue weighted by Gasteiger charge is 2.18. The monoisotopic (exact) mass is 298 g/mol. The first-order chi connectivity index (χ1) is 8.22. The maximum Gasteiger partial charge on any atom is 0.148 e. The predicted molar refractivity (Wildman–Crippen MR) is 74.5 cm³/mol. The lowest BCUT2D eigenvalue weighted by atomic mass is 10.0. The number of hydrogen-bond acceptors (Lipinski definition) is 4. The Morgan fingerprint density at radius 3 is 2.94 bits per heavy atom. The summed E-state index contributed by atoms with van der Waals surface area (Å²) in [7, 11) is 1.88. The highest BCUT2D eigenvalue weighted by Crippen LogP contribution is 2.31. The highest BCUT2D eigenvalue weighted by molar-refractivity contribution is 9.10. The molecule has 1 aliphatic rings. The molecule has 0 aromatic carbocycles. The van der Waals surface area contributed by atoms with Crippen LogP contribution in [0.25, 0.3) is 0 Å². The van der Waals surface area contributed by atoms with Crippen molar-refractivity contribution in [3.05, 3.63) is 10.8 Å². The number of nitrogens with zero attached hydrogens (tertiary/aromatic N) is 3. The lowest BCUT2D eigenvalue weighted by Gasteiger charge is -2.23. The van der Waals surface area contributed by atoms with Gasteiger partial charge in [-0.2, -0.15) is 0 Å². The lowest BCUT2D eigenvalue weighted by Crippen LogP contribution is -2.25. The van der Waals surface area contributed by atoms with E-state index < -0.39 is 0 Å². The summed E-state index contributed by atoms with van der Waals surface area (Å²) in [4.78, 5) is 11.0. The fourth-order valence-electron chi connectivity index (χ4n) is 2.23. The van der Waals surface area contributed by atoms with Crippen molar-refractivity contribution in [3.8, 4) is 0 Å². The number of hydrogen-bond donors (Lipinski definition) is 1. The van der Waals surface area contributed by atoms with Gasteiger partial charge in [-0.05, 0) is 41.1 Å². The largest absolute Gasteiger partial charge is 0.372 e. The van der Waals surface area contributed by atoms with Crippen LogP contribution in [0.15, 0.2) is 10.8 Å². The maximum atomic E-state index is 4.41. The van der Waals surface area contributed by atoms with E-state index in [9.17, 15) is 0 Å². The molecule has 1 aromatic heterocycles. The van der Waals surface area contributed by atoms with Gasteiger partial charge in [0.05, 0.1) is 0 Å². The van der Waals surface area contributed by atoms with Gasteiger partial charge in [0, 0.05) is 20.1 Å². The topological polar surface area (TPSA) is 41.1 Å². The third-order valence-electron chi connectivity index (χ3n) is 3.32. The number of halogens is 1. The van der Waals surface area contributed by atoms with Crippen molar-refractivity contribution in [1.29, 1.82) is 0 Å². The minimum Gasteiger partial charge on any atom is -0.372 e. The first kappa shape index (κ1) is 12.6. The summed E-state index contributed by atoms with van der Waals surface area (Å²) in [6.45, 7) is 4.50. The van der Waals surface area contributed by atoms with E-state index in [1.165, 1.54) is 19.3 Å². The molecule has 0 saturated carbocycles. The zero-order chi connectivity index (χ0) is 12.3. The molecule has 1 N–H and O–H groups in total. The van der Waals surface area contributed by atoms with Crippen LogP contribution in [0.4, 0.5) is 11.6 Å². The minimum absolute atomic E-state index is 0.824. The second-order valence-electron chi connectivity index (χ2n) is 4.63. The summed E-state index contributed by atoms with van der Waals surface area (Å²) in [5.41, 5.74) is 0. The van der Waals surface area contributed by atoms with Gasteiger partial charge in [-0.3, -0.25) is 0 Å². The van der Waals surface area contributed by atoms with Crippen molar-refractivity contribution in [3.63, 3.8) is 0 Å². The van der Waals surface area contributed by atoms with E-state index in [1.54, 1.807) is 6.33 Å². The molecule has 94 valence electrons. The number of nitrogens with one attached hydrogen (secondary N) is 1. The van der Waals surface area contributed by atoms with E-state index >= 15 is 0 Å². The van der Waals surface area contributed by atoms with Crippen LogP contribution in [0, 0.1) is 5.92 Å². The molecule has 1 unspecified atom stereocenters. The fraction of sp³-hybridized carbons (Fsp3) is 0.667. The van der Waals surface area contributed by atoms with E-state index in [0.29, 0.717) is 0 Å². The van der Waals surface area contributed by atoms with Gasteiger partial charge in [0.15, 0.2) is 0 Å². The summed E-state index contributed by atoms with van der Waals surface area (Å²) in [5.74, 6) is 2.69. The molecule has 1 atom stereocenters. The Morgan fingerprint density at radius 2 is 2.18 bits per heavy atom. The molecule has 4 nitrogen and oxygen atoms in total. The molecule has 0 aliphatic carbocycles. The normalized spacial score (nSPS) is 21.1. The molecular formula is C12H19BrN4. The predicted octanol–water partition coefficient (Wildman–Crippen LogP) is 2.91. The van der Waals surface area contributed by atoms with Crippen LogP contribution in [-0.2, 0) is 0 Å². The van der Waals surface area contributed by atoms with E-state index in [-0.39, 0.29) is 0 Å². The summed E-state index contributed by atoms with van der Waals surface area (Å²) >= 11 is 3.59. The fourth-order valence-corrected chi connectivity index (χ4v) is 2.88. The first-order valence-electron chi connectivity index (χ1n) is 6.15. The molecule has 1 fully saturated rings. The van der Waals surface area contributed by atoms with E-state index in [4.69, 9.17) is 0 Å². The Hall–Kier alpha value is -0.840. The zero-order valence-electron chi connectivity index (χ0n) is 10.4. The van der Waals surface area contributed by atoms with Crippen LogP contribution >= 0.6 is 15.9 Å². The van der Waals surface area contributed by atoms with E-state index in [0.717, 1.165) is 35.1 Å². The number of anilines is 2. The van der Waals surface area contributed by atoms with Crippen molar-refractivity contribution in [2.24, 2.45) is 5.92 Å². The molecule has 0 bridgehead atoms. The second kappa shape index (κ2) is 5.67. The Labute approximate surface area is 111 Å². The number of aromatic nitrogens is 2. The SMILES string of the molecule is CNc1ncnc(N2CCCC(C)CC2)c1Br. The number of rotatable bonds is 2. The van der Waals surface area contributed by atoms with Crippen molar-refractivity contribution in [1.82, 2.24) is 9.97 Å². The molecule has 0 radical (unpaired) electrons. The van der Waals surface area contributed by atoms with E-state index in [2.05, 4.69) is 43.0 Å². The average molecular weight is 299 g/mol. The van der Waals surface area contributed by atoms with Crippen molar-refractivity contribution in [2.75, 3.05) is 30.4 Å². The molecule has 0 spiro atoms. The van der Waals surface area contributed by atoms with Crippen LogP contribution in [0.5, 0.6) is 0 Å². The van der Waals surface area contributed by atoms with Gasteiger partial charge in [0.2, 0.25) is 0 Å². The van der Waals surface area contributed by atoms with Gasteiger partial charge in [0.25, 0.3) is 0 Å². The van der Waals surface area contributed by atoms with Gasteiger partial charge in [-0.1, -0.05) is 6.92 Å². The van der Waals surface area contributed by atoms with Gasteiger partial charge < -0.3 is 10.2 Å². The third-order valence-corrected chi connectivity index (χ3v) is 4.05. The maximum absolute atomic E-state index is 4.41. The Kier molecular flexibility index (Phi) is 4.20. The third kappa shape index (κ3) is 2.89. The van der Waals surface area contributed by atoms with Gasteiger partial charge in [-0.15, -0.1) is 0 Å². The van der Waals surface area contributed by atoms with Crippen molar-refractivity contribution in [2.45, 2.75) is 26.2 Å². The quantitative estimate of drug-likeness (QED) is 0.911. The van der Waals surface area contributed by atoms with Gasteiger partial charge >= 0.3 is 0 Å². The zero-order valence-corrected chi connectivity index (χ0v) is 12.0. The molecule has 2 heterocycles. The smallest absolute Gasteiger partial charge is 0.148 e. The molecule has 2 rings (SSSR count). The molecular weight excluding hydrogens is 280 g/mol. The van der Waals surface area contributed by atoms with E-state index in [1.807, 2.05) is 7.05 Å². The molecule has 1 aromatic rings. The molecule has 5 heteroatoms. The lowest BCUT2D eigenvalue weighted by molar-refractivity contribution is 0.521. The minimum atomic E-state index is 0.824. The summed E-state index contributed by atoms with van der Waals surface area (Å²) in [5, 5.41) is 3.07. The Bertz CT molecular complexity index is 383. The van der Waals surface area contributed by atoms with Crippen molar-refractivity contribution < 1.29 is 0 Å².